The van der Waals surface area contributed by atoms with Gasteiger partial charge in [0.05, 0.1) is 23.7 Å². The molecule has 3 aromatic carbocycles. The van der Waals surface area contributed by atoms with Crippen molar-refractivity contribution in [3.63, 3.8) is 0 Å². The van der Waals surface area contributed by atoms with Crippen molar-refractivity contribution >= 4 is 34.1 Å². The van der Waals surface area contributed by atoms with Crippen molar-refractivity contribution in [2.24, 2.45) is 5.92 Å². The van der Waals surface area contributed by atoms with Crippen molar-refractivity contribution in [2.45, 2.75) is 52.9 Å². The summed E-state index contributed by atoms with van der Waals surface area (Å²) in [5.74, 6) is -0.123. The molecule has 0 saturated heterocycles. The molecule has 4 rings (SSSR count). The number of carbonyl (C=O) groups is 2. The molecule has 2 amide bonds. The van der Waals surface area contributed by atoms with E-state index in [0.29, 0.717) is 53.2 Å². The molecule has 0 aliphatic carbocycles. The summed E-state index contributed by atoms with van der Waals surface area (Å²) in [7, 11) is 1.50. The van der Waals surface area contributed by atoms with Gasteiger partial charge in [0.2, 0.25) is 17.7 Å². The summed E-state index contributed by atoms with van der Waals surface area (Å²) in [4.78, 5) is 33.3. The van der Waals surface area contributed by atoms with Crippen molar-refractivity contribution in [1.82, 2.24) is 9.97 Å². The second kappa shape index (κ2) is 13.7. The van der Waals surface area contributed by atoms with Crippen LogP contribution in [-0.4, -0.2) is 28.9 Å². The quantitative estimate of drug-likeness (QED) is 0.190. The van der Waals surface area contributed by atoms with E-state index >= 15 is 4.39 Å². The van der Waals surface area contributed by atoms with Gasteiger partial charge in [-0.2, -0.15) is 0 Å². The van der Waals surface area contributed by atoms with Crippen molar-refractivity contribution in [1.29, 1.82) is 0 Å². The maximum Gasteiger partial charge on any atom is 0.230 e. The first-order chi connectivity index (χ1) is 19.7. The first-order valence-electron chi connectivity index (χ1n) is 13.7. The normalized spacial score (nSPS) is 11.0. The highest BCUT2D eigenvalue weighted by Crippen LogP contribution is 2.35. The smallest absolute Gasteiger partial charge is 0.230 e. The minimum atomic E-state index is -0.662. The molecule has 2 N–H and O–H groups in total. The third kappa shape index (κ3) is 8.23. The second-order valence-corrected chi connectivity index (χ2v) is 10.4. The van der Waals surface area contributed by atoms with E-state index in [9.17, 15) is 9.59 Å². The fraction of sp³-hybridized carbons (Fsp3) is 0.312. The molecule has 214 valence electrons. The van der Waals surface area contributed by atoms with Crippen molar-refractivity contribution < 1.29 is 23.5 Å². The van der Waals surface area contributed by atoms with E-state index in [0.717, 1.165) is 12.8 Å². The molecule has 0 spiro atoms. The zero-order valence-corrected chi connectivity index (χ0v) is 23.8. The zero-order valence-electron chi connectivity index (χ0n) is 23.8. The number of anilines is 2. The number of nitrogens with one attached hydrogen (secondary N) is 2. The Bertz CT molecular complexity index is 1520. The van der Waals surface area contributed by atoms with Crippen LogP contribution in [0.3, 0.4) is 0 Å². The Labute approximate surface area is 239 Å². The predicted octanol–water partition coefficient (Wildman–Crippen LogP) is 7.21. The van der Waals surface area contributed by atoms with E-state index in [2.05, 4.69) is 58.7 Å². The number of methoxy groups -OCH3 is 1. The molecule has 9 heteroatoms. The van der Waals surface area contributed by atoms with E-state index in [-0.39, 0.29) is 23.4 Å². The SMILES string of the molecule is COc1cc2ncnc(Oc3ccc(NC(=O)CCCc4ccc(C)cc4)cc3F)c2cc1NC(=O)CCC(C)C. The Hall–Kier alpha value is -4.53. The summed E-state index contributed by atoms with van der Waals surface area (Å²) >= 11 is 0. The van der Waals surface area contributed by atoms with Crippen LogP contribution < -0.4 is 20.1 Å². The average molecular weight is 559 g/mol. The second-order valence-electron chi connectivity index (χ2n) is 10.4. The number of hydrogen-bond donors (Lipinski definition) is 2. The Morgan fingerprint density at radius 2 is 1.68 bits per heavy atom. The maximum atomic E-state index is 15.0. The summed E-state index contributed by atoms with van der Waals surface area (Å²) in [5, 5.41) is 6.08. The van der Waals surface area contributed by atoms with E-state index in [4.69, 9.17) is 9.47 Å². The van der Waals surface area contributed by atoms with E-state index < -0.39 is 5.82 Å². The van der Waals surface area contributed by atoms with Crippen LogP contribution in [0.4, 0.5) is 15.8 Å². The molecule has 0 bridgehead atoms. The molecule has 1 heterocycles. The van der Waals surface area contributed by atoms with Crippen LogP contribution in [0.1, 0.15) is 50.7 Å². The van der Waals surface area contributed by atoms with Gasteiger partial charge in [-0.3, -0.25) is 9.59 Å². The predicted molar refractivity (Wildman–Crippen MR) is 158 cm³/mol. The molecule has 0 radical (unpaired) electrons. The van der Waals surface area contributed by atoms with E-state index in [1.807, 2.05) is 6.92 Å². The van der Waals surface area contributed by atoms with Crippen LogP contribution in [0.5, 0.6) is 17.4 Å². The van der Waals surface area contributed by atoms with Gasteiger partial charge in [0.1, 0.15) is 12.1 Å². The van der Waals surface area contributed by atoms with Crippen molar-refractivity contribution in [3.05, 3.63) is 77.9 Å². The maximum absolute atomic E-state index is 15.0. The van der Waals surface area contributed by atoms with Crippen LogP contribution >= 0.6 is 0 Å². The van der Waals surface area contributed by atoms with Crippen LogP contribution in [0.2, 0.25) is 0 Å². The number of halogens is 1. The largest absolute Gasteiger partial charge is 0.494 e. The highest BCUT2D eigenvalue weighted by atomic mass is 19.1. The summed E-state index contributed by atoms with van der Waals surface area (Å²) in [6.45, 7) is 6.14. The fourth-order valence-electron chi connectivity index (χ4n) is 4.24. The molecule has 0 saturated carbocycles. The summed E-state index contributed by atoms with van der Waals surface area (Å²) in [6.07, 6.45) is 4.22. The number of carbonyl (C=O) groups excluding carboxylic acids is 2. The zero-order chi connectivity index (χ0) is 29.4. The lowest BCUT2D eigenvalue weighted by Crippen LogP contribution is -2.13. The Morgan fingerprint density at radius 3 is 2.39 bits per heavy atom. The van der Waals surface area contributed by atoms with Gasteiger partial charge >= 0.3 is 0 Å². The number of rotatable bonds is 12. The number of benzene rings is 3. The topological polar surface area (TPSA) is 102 Å². The Morgan fingerprint density at radius 1 is 0.927 bits per heavy atom. The molecule has 0 aliphatic heterocycles. The van der Waals surface area contributed by atoms with Crippen LogP contribution in [0, 0.1) is 18.7 Å². The minimum absolute atomic E-state index is 0.0688. The number of hydrogen-bond acceptors (Lipinski definition) is 6. The first kappa shape index (κ1) is 29.5. The van der Waals surface area contributed by atoms with E-state index in [1.165, 1.54) is 36.7 Å². The Balaban J connectivity index is 1.43. The monoisotopic (exact) mass is 558 g/mol. The van der Waals surface area contributed by atoms with Gasteiger partial charge in [-0.05, 0) is 55.9 Å². The molecule has 41 heavy (non-hydrogen) atoms. The van der Waals surface area contributed by atoms with Gasteiger partial charge < -0.3 is 20.1 Å². The summed E-state index contributed by atoms with van der Waals surface area (Å²) in [6, 6.07) is 15.7. The van der Waals surface area contributed by atoms with Gasteiger partial charge in [-0.15, -0.1) is 0 Å². The highest BCUT2D eigenvalue weighted by molar-refractivity contribution is 5.97. The van der Waals surface area contributed by atoms with Crippen molar-refractivity contribution in [2.75, 3.05) is 17.7 Å². The lowest BCUT2D eigenvalue weighted by molar-refractivity contribution is -0.117. The lowest BCUT2D eigenvalue weighted by Gasteiger charge is -2.14. The molecular weight excluding hydrogens is 523 g/mol. The minimum Gasteiger partial charge on any atom is -0.494 e. The molecule has 0 atom stereocenters. The molecule has 1 aromatic heterocycles. The van der Waals surface area contributed by atoms with E-state index in [1.54, 1.807) is 18.2 Å². The van der Waals surface area contributed by atoms with Gasteiger partial charge in [0.15, 0.2) is 11.6 Å². The average Bonchev–Trinajstić information content (AvgIpc) is 2.94. The third-order valence-corrected chi connectivity index (χ3v) is 6.56. The van der Waals surface area contributed by atoms with Crippen molar-refractivity contribution in [3.8, 4) is 17.4 Å². The molecule has 0 aliphatic rings. The fourth-order valence-corrected chi connectivity index (χ4v) is 4.24. The number of amides is 2. The summed E-state index contributed by atoms with van der Waals surface area (Å²) < 4.78 is 26.3. The molecule has 0 unspecified atom stereocenters. The first-order valence-corrected chi connectivity index (χ1v) is 13.7. The van der Waals surface area contributed by atoms with Gasteiger partial charge in [0.25, 0.3) is 0 Å². The standard InChI is InChI=1S/C32H35FN4O4/c1-20(2)8-15-31(39)37-27-17-24-26(18-29(27)40-4)34-19-35-32(24)41-28-14-13-23(16-25(28)33)36-30(38)7-5-6-22-11-9-21(3)10-12-22/h9-14,16-20H,5-8,15H2,1-4H3,(H,36,38)(H,37,39). The summed E-state index contributed by atoms with van der Waals surface area (Å²) in [5.41, 5.74) is 3.64. The molecule has 4 aromatic rings. The molecular formula is C32H35FN4O4. The Kier molecular flexibility index (Phi) is 9.84. The highest BCUT2D eigenvalue weighted by Gasteiger charge is 2.16. The molecule has 0 fully saturated rings. The molecule has 8 nitrogen and oxygen atoms in total. The lowest BCUT2D eigenvalue weighted by atomic mass is 10.1. The number of fused-ring (bicyclic) bond motifs is 1. The number of ether oxygens (including phenoxy) is 2. The van der Waals surface area contributed by atoms with Crippen LogP contribution in [0.15, 0.2) is 60.9 Å². The van der Waals surface area contributed by atoms with Crippen LogP contribution in [-0.2, 0) is 16.0 Å². The number of nitrogens with zero attached hydrogens (tertiary/aromatic N) is 2. The van der Waals surface area contributed by atoms with Crippen LogP contribution in [0.25, 0.3) is 10.9 Å². The van der Waals surface area contributed by atoms with Gasteiger partial charge in [-0.25, -0.2) is 14.4 Å². The third-order valence-electron chi connectivity index (χ3n) is 6.56. The van der Waals surface area contributed by atoms with Gasteiger partial charge in [-0.1, -0.05) is 43.7 Å². The number of aromatic nitrogens is 2. The number of aryl methyl sites for hydroxylation is 2. The van der Waals surface area contributed by atoms with Gasteiger partial charge in [0, 0.05) is 30.7 Å².